The molecule has 24 heavy (non-hydrogen) atoms. The average molecular weight is 385 g/mol. The van der Waals surface area contributed by atoms with Gasteiger partial charge in [-0.25, -0.2) is 8.42 Å². The number of hydrogen-bond donors (Lipinski definition) is 0. The monoisotopic (exact) mass is 384 g/mol. The lowest BCUT2D eigenvalue weighted by atomic mass is 10.2. The topological polar surface area (TPSA) is 40.6 Å². The summed E-state index contributed by atoms with van der Waals surface area (Å²) >= 11 is 12.4. The lowest BCUT2D eigenvalue weighted by molar-refractivity contribution is 0.393. The van der Waals surface area contributed by atoms with E-state index >= 15 is 0 Å². The minimum atomic E-state index is -3.62. The molecule has 0 saturated heterocycles. The van der Waals surface area contributed by atoms with Crippen molar-refractivity contribution in [2.45, 2.75) is 24.8 Å². The number of anilines is 1. The smallest absolute Gasteiger partial charge is 0.248 e. The number of fused-ring (bicyclic) bond motifs is 1. The first-order chi connectivity index (χ1) is 11.4. The second-order valence-corrected chi connectivity index (χ2v) is 8.46. The molecule has 0 N–H and O–H groups in total. The highest BCUT2D eigenvalue weighted by Gasteiger charge is 2.37. The predicted octanol–water partition coefficient (Wildman–Crippen LogP) is 4.37. The zero-order valence-corrected chi connectivity index (χ0v) is 15.6. The third kappa shape index (κ3) is 3.26. The Labute approximate surface area is 152 Å². The Morgan fingerprint density at radius 2 is 1.83 bits per heavy atom. The van der Waals surface area contributed by atoms with Crippen molar-refractivity contribution in [3.05, 3.63) is 58.1 Å². The van der Waals surface area contributed by atoms with E-state index < -0.39 is 10.0 Å². The molecule has 128 valence electrons. The first-order valence-electron chi connectivity index (χ1n) is 7.71. The van der Waals surface area contributed by atoms with Gasteiger partial charge in [0.1, 0.15) is 4.90 Å². The Morgan fingerprint density at radius 1 is 1.12 bits per heavy atom. The summed E-state index contributed by atoms with van der Waals surface area (Å²) in [5.41, 5.74) is 1.65. The molecule has 2 aromatic carbocycles. The van der Waals surface area contributed by atoms with E-state index in [0.717, 1.165) is 12.0 Å². The molecule has 0 saturated carbocycles. The molecular weight excluding hydrogens is 367 g/mol. The van der Waals surface area contributed by atoms with E-state index in [1.165, 1.54) is 10.4 Å². The van der Waals surface area contributed by atoms with Gasteiger partial charge in [0.15, 0.2) is 0 Å². The second-order valence-electron chi connectivity index (χ2n) is 5.74. The summed E-state index contributed by atoms with van der Waals surface area (Å²) in [5, 5.41) is 0.590. The summed E-state index contributed by atoms with van der Waals surface area (Å²) in [6.45, 7) is 3.27. The SMILES string of the molecule is CCCN1CN(Cc2ccccc2)c2cc(Cl)cc(Cl)c2S1(=O)=O. The third-order valence-electron chi connectivity index (χ3n) is 3.95. The molecule has 0 fully saturated rings. The highest BCUT2D eigenvalue weighted by molar-refractivity contribution is 7.89. The first kappa shape index (κ1) is 17.5. The van der Waals surface area contributed by atoms with Crippen LogP contribution in [0.5, 0.6) is 0 Å². The van der Waals surface area contributed by atoms with Gasteiger partial charge in [0.05, 0.1) is 17.4 Å². The molecule has 0 aromatic heterocycles. The van der Waals surface area contributed by atoms with Gasteiger partial charge in [-0.3, -0.25) is 0 Å². The van der Waals surface area contributed by atoms with Crippen LogP contribution >= 0.6 is 23.2 Å². The molecule has 0 spiro atoms. The van der Waals surface area contributed by atoms with Gasteiger partial charge >= 0.3 is 0 Å². The molecule has 0 atom stereocenters. The third-order valence-corrected chi connectivity index (χ3v) is 6.50. The highest BCUT2D eigenvalue weighted by atomic mass is 35.5. The maximum atomic E-state index is 12.9. The van der Waals surface area contributed by atoms with Crippen LogP contribution in [0.2, 0.25) is 10.0 Å². The summed E-state index contributed by atoms with van der Waals surface area (Å²) < 4.78 is 27.3. The van der Waals surface area contributed by atoms with E-state index in [1.54, 1.807) is 6.07 Å². The Kier molecular flexibility index (Phi) is 5.06. The lowest BCUT2D eigenvalue weighted by Crippen LogP contribution is -2.46. The largest absolute Gasteiger partial charge is 0.352 e. The molecule has 2 aromatic rings. The number of hydrogen-bond acceptors (Lipinski definition) is 3. The fraction of sp³-hybridized carbons (Fsp3) is 0.294. The molecule has 0 aliphatic carbocycles. The highest BCUT2D eigenvalue weighted by Crippen LogP contribution is 2.40. The van der Waals surface area contributed by atoms with Crippen LogP contribution in [0, 0.1) is 0 Å². The summed E-state index contributed by atoms with van der Waals surface area (Å²) in [6.07, 6.45) is 0.735. The Balaban J connectivity index is 2.10. The van der Waals surface area contributed by atoms with E-state index in [1.807, 2.05) is 42.2 Å². The summed E-state index contributed by atoms with van der Waals surface area (Å²) in [7, 11) is -3.62. The molecule has 7 heteroatoms. The van der Waals surface area contributed by atoms with Crippen molar-refractivity contribution in [3.8, 4) is 0 Å². The standard InChI is InChI=1S/C17H18Cl2N2O2S/c1-2-8-21-12-20(11-13-6-4-3-5-7-13)16-10-14(18)9-15(19)17(16)24(21,22)23/h3-7,9-10H,2,8,11-12H2,1H3. The van der Waals surface area contributed by atoms with Gasteiger partial charge in [-0.05, 0) is 24.1 Å². The summed E-state index contributed by atoms with van der Waals surface area (Å²) in [5.74, 6) is 0. The molecule has 3 rings (SSSR count). The van der Waals surface area contributed by atoms with Crippen LogP contribution in [0.4, 0.5) is 5.69 Å². The van der Waals surface area contributed by atoms with Crippen molar-refractivity contribution in [2.24, 2.45) is 0 Å². The quantitative estimate of drug-likeness (QED) is 0.785. The van der Waals surface area contributed by atoms with Crippen molar-refractivity contribution in [1.82, 2.24) is 4.31 Å². The molecule has 0 bridgehead atoms. The number of rotatable bonds is 4. The molecule has 4 nitrogen and oxygen atoms in total. The minimum Gasteiger partial charge on any atom is -0.352 e. The zero-order chi connectivity index (χ0) is 17.3. The van der Waals surface area contributed by atoms with Crippen molar-refractivity contribution in [1.29, 1.82) is 0 Å². The van der Waals surface area contributed by atoms with Gasteiger partial charge < -0.3 is 4.90 Å². The van der Waals surface area contributed by atoms with Crippen LogP contribution in [0.25, 0.3) is 0 Å². The molecule has 0 radical (unpaired) electrons. The van der Waals surface area contributed by atoms with Gasteiger partial charge in [-0.15, -0.1) is 0 Å². The van der Waals surface area contributed by atoms with Crippen LogP contribution < -0.4 is 4.90 Å². The van der Waals surface area contributed by atoms with Crippen LogP contribution in [-0.2, 0) is 16.6 Å². The maximum absolute atomic E-state index is 12.9. The lowest BCUT2D eigenvalue weighted by Gasteiger charge is -2.38. The molecule has 1 aliphatic heterocycles. The van der Waals surface area contributed by atoms with Crippen LogP contribution in [-0.4, -0.2) is 25.9 Å². The van der Waals surface area contributed by atoms with E-state index in [2.05, 4.69) is 0 Å². The summed E-state index contributed by atoms with van der Waals surface area (Å²) in [6, 6.07) is 13.1. The molecule has 1 heterocycles. The van der Waals surface area contributed by atoms with E-state index in [0.29, 0.717) is 23.8 Å². The first-order valence-corrected chi connectivity index (χ1v) is 9.91. The fourth-order valence-electron chi connectivity index (χ4n) is 2.89. The maximum Gasteiger partial charge on any atom is 0.248 e. The van der Waals surface area contributed by atoms with Crippen LogP contribution in [0.3, 0.4) is 0 Å². The zero-order valence-electron chi connectivity index (χ0n) is 13.2. The number of sulfonamides is 1. The predicted molar refractivity (Wildman–Crippen MR) is 98.1 cm³/mol. The van der Waals surface area contributed by atoms with Crippen LogP contribution in [0.15, 0.2) is 47.4 Å². The van der Waals surface area contributed by atoms with Gasteiger partial charge in [0, 0.05) is 18.1 Å². The van der Waals surface area contributed by atoms with E-state index in [4.69, 9.17) is 23.2 Å². The van der Waals surface area contributed by atoms with E-state index in [9.17, 15) is 8.42 Å². The average Bonchev–Trinajstić information content (AvgIpc) is 2.52. The van der Waals surface area contributed by atoms with Gasteiger partial charge in [0.2, 0.25) is 10.0 Å². The van der Waals surface area contributed by atoms with Crippen LogP contribution in [0.1, 0.15) is 18.9 Å². The Morgan fingerprint density at radius 3 is 2.50 bits per heavy atom. The second kappa shape index (κ2) is 6.92. The number of nitrogens with zero attached hydrogens (tertiary/aromatic N) is 2. The van der Waals surface area contributed by atoms with Crippen molar-refractivity contribution >= 4 is 38.9 Å². The normalized spacial score (nSPS) is 16.9. The molecule has 1 aliphatic rings. The molecular formula is C17H18Cl2N2O2S. The molecule has 0 unspecified atom stereocenters. The van der Waals surface area contributed by atoms with E-state index in [-0.39, 0.29) is 16.6 Å². The minimum absolute atomic E-state index is 0.143. The number of halogens is 2. The van der Waals surface area contributed by atoms with Crippen molar-refractivity contribution < 1.29 is 8.42 Å². The van der Waals surface area contributed by atoms with Gasteiger partial charge in [-0.1, -0.05) is 60.5 Å². The van der Waals surface area contributed by atoms with Gasteiger partial charge in [0.25, 0.3) is 0 Å². The molecule has 0 amide bonds. The van der Waals surface area contributed by atoms with Crippen molar-refractivity contribution in [2.75, 3.05) is 18.1 Å². The van der Waals surface area contributed by atoms with Gasteiger partial charge in [-0.2, -0.15) is 4.31 Å². The van der Waals surface area contributed by atoms with Crippen molar-refractivity contribution in [3.63, 3.8) is 0 Å². The Hall–Kier alpha value is -1.27. The summed E-state index contributed by atoms with van der Waals surface area (Å²) in [4.78, 5) is 2.14. The Bertz CT molecular complexity index is 841. The number of benzene rings is 2. The fourth-order valence-corrected chi connectivity index (χ4v) is 5.39.